The Balaban J connectivity index is 1.52. The van der Waals surface area contributed by atoms with Gasteiger partial charge in [0.05, 0.1) is 11.6 Å². The number of benzene rings is 1. The molecule has 0 bridgehead atoms. The van der Waals surface area contributed by atoms with E-state index in [1.54, 1.807) is 11.3 Å². The van der Waals surface area contributed by atoms with E-state index in [1.165, 1.54) is 4.88 Å². The van der Waals surface area contributed by atoms with Crippen LogP contribution in [0.1, 0.15) is 16.9 Å². The lowest BCUT2D eigenvalue weighted by atomic mass is 10.1. The van der Waals surface area contributed by atoms with Gasteiger partial charge in [-0.3, -0.25) is 9.59 Å². The van der Waals surface area contributed by atoms with Gasteiger partial charge in [0.25, 0.3) is 0 Å². The molecule has 6 heteroatoms. The van der Waals surface area contributed by atoms with E-state index in [-0.39, 0.29) is 24.8 Å². The van der Waals surface area contributed by atoms with Gasteiger partial charge in [-0.1, -0.05) is 12.1 Å². The summed E-state index contributed by atoms with van der Waals surface area (Å²) in [5, 5.41) is 7.74. The van der Waals surface area contributed by atoms with Gasteiger partial charge in [-0.15, -0.1) is 11.3 Å². The quantitative estimate of drug-likeness (QED) is 0.876. The van der Waals surface area contributed by atoms with Crippen molar-refractivity contribution in [2.75, 3.05) is 18.5 Å². The first-order chi connectivity index (χ1) is 11.6. The summed E-state index contributed by atoms with van der Waals surface area (Å²) in [6.07, 6.45) is 0.935. The Morgan fingerprint density at radius 1 is 1.42 bits per heavy atom. The smallest absolute Gasteiger partial charge is 0.231 e. The fourth-order valence-electron chi connectivity index (χ4n) is 2.60. The molecule has 2 aromatic rings. The average Bonchev–Trinajstić information content (AvgIpc) is 3.01. The number of nitrogens with one attached hydrogen (secondary N) is 2. The van der Waals surface area contributed by atoms with Crippen LogP contribution in [0, 0.1) is 12.8 Å². The molecule has 5 nitrogen and oxygen atoms in total. The highest BCUT2D eigenvalue weighted by atomic mass is 32.1. The highest BCUT2D eigenvalue weighted by Crippen LogP contribution is 2.29. The van der Waals surface area contributed by atoms with E-state index < -0.39 is 5.92 Å². The normalized spacial score (nSPS) is 16.5. The third-order valence-electron chi connectivity index (χ3n) is 3.91. The van der Waals surface area contributed by atoms with Crippen molar-refractivity contribution in [2.24, 2.45) is 5.92 Å². The van der Waals surface area contributed by atoms with Crippen molar-refractivity contribution in [3.05, 3.63) is 46.2 Å². The summed E-state index contributed by atoms with van der Waals surface area (Å²) < 4.78 is 5.69. The number of carbonyl (C=O) groups is 2. The van der Waals surface area contributed by atoms with E-state index in [9.17, 15) is 9.59 Å². The van der Waals surface area contributed by atoms with E-state index in [1.807, 2.05) is 42.6 Å². The van der Waals surface area contributed by atoms with Crippen LogP contribution in [0.15, 0.2) is 35.7 Å². The first-order valence-corrected chi connectivity index (χ1v) is 8.83. The Kier molecular flexibility index (Phi) is 5.15. The van der Waals surface area contributed by atoms with Crippen LogP contribution in [-0.2, 0) is 16.0 Å². The summed E-state index contributed by atoms with van der Waals surface area (Å²) in [7, 11) is 0. The lowest BCUT2D eigenvalue weighted by molar-refractivity contribution is -0.128. The predicted octanol–water partition coefficient (Wildman–Crippen LogP) is 2.75. The van der Waals surface area contributed by atoms with Gasteiger partial charge in [0, 0.05) is 17.8 Å². The van der Waals surface area contributed by atoms with Gasteiger partial charge in [-0.2, -0.15) is 0 Å². The van der Waals surface area contributed by atoms with Crippen LogP contribution in [0.2, 0.25) is 0 Å². The fourth-order valence-corrected chi connectivity index (χ4v) is 3.30. The maximum Gasteiger partial charge on any atom is 0.231 e. The first-order valence-electron chi connectivity index (χ1n) is 7.95. The molecule has 1 aliphatic rings. The topological polar surface area (TPSA) is 67.4 Å². The molecule has 2 amide bonds. The Morgan fingerprint density at radius 3 is 3.08 bits per heavy atom. The number of amides is 2. The SMILES string of the molecule is Cc1ccc2c(c1)NC(=O)C(CC(=O)NCCc1cccs1)CO2. The number of thiophene rings is 1. The number of hydrogen-bond acceptors (Lipinski definition) is 4. The van der Waals surface area contributed by atoms with Crippen LogP contribution in [-0.4, -0.2) is 25.0 Å². The standard InChI is InChI=1S/C18H20N2O3S/c1-12-4-5-16-15(9-12)20-18(22)13(11-23-16)10-17(21)19-7-6-14-3-2-8-24-14/h2-5,8-9,13H,6-7,10-11H2,1H3,(H,19,21)(H,20,22). The number of aryl methyl sites for hydroxylation is 1. The second-order valence-electron chi connectivity index (χ2n) is 5.88. The molecule has 0 saturated heterocycles. The molecule has 24 heavy (non-hydrogen) atoms. The van der Waals surface area contributed by atoms with Gasteiger partial charge >= 0.3 is 0 Å². The Bertz CT molecular complexity index is 728. The molecular formula is C18H20N2O3S. The fraction of sp³-hybridized carbons (Fsp3) is 0.333. The third-order valence-corrected chi connectivity index (χ3v) is 4.85. The number of carbonyl (C=O) groups excluding carboxylic acids is 2. The van der Waals surface area contributed by atoms with Gasteiger partial charge < -0.3 is 15.4 Å². The molecule has 1 aromatic heterocycles. The van der Waals surface area contributed by atoms with Crippen molar-refractivity contribution >= 4 is 28.8 Å². The second-order valence-corrected chi connectivity index (χ2v) is 6.91. The monoisotopic (exact) mass is 344 g/mol. The molecule has 2 N–H and O–H groups in total. The molecular weight excluding hydrogens is 324 g/mol. The van der Waals surface area contributed by atoms with Gasteiger partial charge in [0.15, 0.2) is 0 Å². The molecule has 0 aliphatic carbocycles. The summed E-state index contributed by atoms with van der Waals surface area (Å²) in [5.74, 6) is -0.140. The molecule has 1 aromatic carbocycles. The maximum absolute atomic E-state index is 12.3. The van der Waals surface area contributed by atoms with Crippen LogP contribution in [0.25, 0.3) is 0 Å². The summed E-state index contributed by atoms with van der Waals surface area (Å²) in [6.45, 7) is 2.74. The number of rotatable bonds is 5. The summed E-state index contributed by atoms with van der Waals surface area (Å²) >= 11 is 1.67. The zero-order chi connectivity index (χ0) is 16.9. The predicted molar refractivity (Wildman–Crippen MR) is 94.4 cm³/mol. The molecule has 0 spiro atoms. The molecule has 1 atom stereocenters. The van der Waals surface area contributed by atoms with Crippen molar-refractivity contribution in [1.29, 1.82) is 0 Å². The lowest BCUT2D eigenvalue weighted by Gasteiger charge is -2.12. The number of ether oxygens (including phenoxy) is 1. The number of anilines is 1. The van der Waals surface area contributed by atoms with Crippen LogP contribution in [0.4, 0.5) is 5.69 Å². The Labute approximate surface area is 145 Å². The largest absolute Gasteiger partial charge is 0.491 e. The summed E-state index contributed by atoms with van der Waals surface area (Å²) in [4.78, 5) is 25.6. The minimum atomic E-state index is -0.487. The molecule has 3 rings (SSSR count). The molecule has 126 valence electrons. The zero-order valence-corrected chi connectivity index (χ0v) is 14.3. The van der Waals surface area contributed by atoms with E-state index in [4.69, 9.17) is 4.74 Å². The maximum atomic E-state index is 12.3. The number of hydrogen-bond donors (Lipinski definition) is 2. The van der Waals surface area contributed by atoms with Crippen LogP contribution in [0.3, 0.4) is 0 Å². The average molecular weight is 344 g/mol. The van der Waals surface area contributed by atoms with Crippen LogP contribution >= 0.6 is 11.3 Å². The molecule has 1 unspecified atom stereocenters. The third kappa shape index (κ3) is 4.14. The number of fused-ring (bicyclic) bond motifs is 1. The van der Waals surface area contributed by atoms with Crippen molar-refractivity contribution in [1.82, 2.24) is 5.32 Å². The molecule has 0 fully saturated rings. The summed E-state index contributed by atoms with van der Waals surface area (Å²) in [6, 6.07) is 9.69. The van der Waals surface area contributed by atoms with Gasteiger partial charge in [-0.05, 0) is 42.5 Å². The van der Waals surface area contributed by atoms with Gasteiger partial charge in [-0.25, -0.2) is 0 Å². The lowest BCUT2D eigenvalue weighted by Crippen LogP contribution is -2.33. The highest BCUT2D eigenvalue weighted by molar-refractivity contribution is 7.09. The van der Waals surface area contributed by atoms with E-state index in [2.05, 4.69) is 10.6 Å². The Hall–Kier alpha value is -2.34. The van der Waals surface area contributed by atoms with Crippen molar-refractivity contribution < 1.29 is 14.3 Å². The zero-order valence-electron chi connectivity index (χ0n) is 13.5. The minimum Gasteiger partial charge on any atom is -0.491 e. The first kappa shape index (κ1) is 16.5. The molecule has 0 saturated carbocycles. The van der Waals surface area contributed by atoms with Crippen molar-refractivity contribution in [2.45, 2.75) is 19.8 Å². The van der Waals surface area contributed by atoms with Crippen LogP contribution < -0.4 is 15.4 Å². The molecule has 1 aliphatic heterocycles. The summed E-state index contributed by atoms with van der Waals surface area (Å²) in [5.41, 5.74) is 1.71. The second kappa shape index (κ2) is 7.49. The Morgan fingerprint density at radius 2 is 2.29 bits per heavy atom. The van der Waals surface area contributed by atoms with Gasteiger partial charge in [0.1, 0.15) is 12.4 Å². The highest BCUT2D eigenvalue weighted by Gasteiger charge is 2.27. The van der Waals surface area contributed by atoms with E-state index in [0.29, 0.717) is 18.0 Å². The minimum absolute atomic E-state index is 0.127. The van der Waals surface area contributed by atoms with Crippen molar-refractivity contribution in [3.8, 4) is 5.75 Å². The van der Waals surface area contributed by atoms with E-state index >= 15 is 0 Å². The van der Waals surface area contributed by atoms with Gasteiger partial charge in [0.2, 0.25) is 11.8 Å². The van der Waals surface area contributed by atoms with Crippen LogP contribution in [0.5, 0.6) is 5.75 Å². The van der Waals surface area contributed by atoms with Crippen molar-refractivity contribution in [3.63, 3.8) is 0 Å². The molecule has 0 radical (unpaired) electrons. The molecule has 2 heterocycles. The van der Waals surface area contributed by atoms with E-state index in [0.717, 1.165) is 12.0 Å².